The molecule has 0 saturated heterocycles. The Morgan fingerprint density at radius 3 is 0.968 bits per heavy atom. The van der Waals surface area contributed by atoms with Crippen LogP contribution in [0.1, 0.15) is 184 Å². The summed E-state index contributed by atoms with van der Waals surface area (Å²) >= 11 is 0. The second kappa shape index (κ2) is 17.5. The highest BCUT2D eigenvalue weighted by Gasteiger charge is 2.38. The highest BCUT2D eigenvalue weighted by Crippen LogP contribution is 2.49. The average molecular weight is 437 g/mol. The van der Waals surface area contributed by atoms with Crippen molar-refractivity contribution >= 4 is 0 Å². The molecule has 3 aliphatic carbocycles. The molecule has 3 aliphatic rings. The van der Waals surface area contributed by atoms with Crippen LogP contribution in [-0.2, 0) is 0 Å². The Morgan fingerprint density at radius 1 is 0.484 bits per heavy atom. The summed E-state index contributed by atoms with van der Waals surface area (Å²) in [6.45, 7) is 18.8. The molecule has 0 N–H and O–H groups in total. The Labute approximate surface area is 200 Å². The SMILES string of the molecule is C1CCCCC1.C1CCCCC1.CC1(C)CCCCC1(C)C.CCCCCC(C)(C)C. The summed E-state index contributed by atoms with van der Waals surface area (Å²) in [4.78, 5) is 0. The summed E-state index contributed by atoms with van der Waals surface area (Å²) in [6, 6.07) is 0. The normalized spacial score (nSPS) is 22.5. The highest BCUT2D eigenvalue weighted by atomic mass is 14.4. The molecule has 3 fully saturated rings. The van der Waals surface area contributed by atoms with Crippen molar-refractivity contribution in [1.82, 2.24) is 0 Å². The minimum absolute atomic E-state index is 0.551. The van der Waals surface area contributed by atoms with Crippen LogP contribution >= 0.6 is 0 Å². The fourth-order valence-corrected chi connectivity index (χ4v) is 4.84. The van der Waals surface area contributed by atoms with Crippen molar-refractivity contribution in [1.29, 1.82) is 0 Å². The molecule has 31 heavy (non-hydrogen) atoms. The van der Waals surface area contributed by atoms with Gasteiger partial charge in [0.2, 0.25) is 0 Å². The summed E-state index contributed by atoms with van der Waals surface area (Å²) in [5, 5.41) is 0. The second-order valence-electron chi connectivity index (χ2n) is 13.2. The molecular formula is C31H64. The van der Waals surface area contributed by atoms with Crippen LogP contribution in [0.15, 0.2) is 0 Å². The van der Waals surface area contributed by atoms with E-state index in [0.29, 0.717) is 16.2 Å². The van der Waals surface area contributed by atoms with Crippen LogP contribution in [0.5, 0.6) is 0 Å². The van der Waals surface area contributed by atoms with Gasteiger partial charge in [0.1, 0.15) is 0 Å². The van der Waals surface area contributed by atoms with Gasteiger partial charge in [-0.1, -0.05) is 165 Å². The first-order valence-corrected chi connectivity index (χ1v) is 14.5. The lowest BCUT2D eigenvalue weighted by Crippen LogP contribution is -2.35. The molecule has 0 radical (unpaired) electrons. The molecule has 0 bridgehead atoms. The quantitative estimate of drug-likeness (QED) is 0.386. The van der Waals surface area contributed by atoms with Gasteiger partial charge >= 0.3 is 0 Å². The van der Waals surface area contributed by atoms with E-state index in [1.54, 1.807) is 0 Å². The second-order valence-corrected chi connectivity index (χ2v) is 13.2. The van der Waals surface area contributed by atoms with Crippen LogP contribution in [-0.4, -0.2) is 0 Å². The van der Waals surface area contributed by atoms with E-state index in [-0.39, 0.29) is 0 Å². The van der Waals surface area contributed by atoms with Crippen LogP contribution in [0.2, 0.25) is 0 Å². The third-order valence-electron chi connectivity index (χ3n) is 8.22. The van der Waals surface area contributed by atoms with Gasteiger partial charge in [0, 0.05) is 0 Å². The zero-order chi connectivity index (χ0) is 23.6. The molecule has 0 atom stereocenters. The maximum Gasteiger partial charge on any atom is -0.0303 e. The van der Waals surface area contributed by atoms with Crippen molar-refractivity contribution in [2.75, 3.05) is 0 Å². The zero-order valence-corrected chi connectivity index (χ0v) is 23.6. The van der Waals surface area contributed by atoms with Gasteiger partial charge in [-0.25, -0.2) is 0 Å². The third-order valence-corrected chi connectivity index (χ3v) is 8.22. The lowest BCUT2D eigenvalue weighted by Gasteiger charge is -2.45. The molecule has 0 aromatic carbocycles. The average Bonchev–Trinajstić information content (AvgIpc) is 2.74. The maximum absolute atomic E-state index is 2.41. The molecule has 0 nitrogen and oxygen atoms in total. The molecule has 0 aromatic heterocycles. The molecule has 0 amide bonds. The number of hydrogen-bond acceptors (Lipinski definition) is 0. The van der Waals surface area contributed by atoms with E-state index < -0.39 is 0 Å². The van der Waals surface area contributed by atoms with Crippen LogP contribution in [0.4, 0.5) is 0 Å². The van der Waals surface area contributed by atoms with Crippen molar-refractivity contribution in [3.05, 3.63) is 0 Å². The fraction of sp³-hybridized carbons (Fsp3) is 1.00. The highest BCUT2D eigenvalue weighted by molar-refractivity contribution is 4.89. The molecule has 0 spiro atoms. The van der Waals surface area contributed by atoms with Crippen LogP contribution in [0.25, 0.3) is 0 Å². The van der Waals surface area contributed by atoms with E-state index in [1.807, 2.05) is 0 Å². The first kappa shape index (κ1) is 31.0. The summed E-state index contributed by atoms with van der Waals surface area (Å²) in [5.74, 6) is 0. The molecule has 0 heteroatoms. The number of hydrogen-bond donors (Lipinski definition) is 0. The molecule has 0 aliphatic heterocycles. The molecule has 188 valence electrons. The van der Waals surface area contributed by atoms with Crippen molar-refractivity contribution in [2.24, 2.45) is 16.2 Å². The molecule has 3 rings (SSSR count). The Morgan fingerprint density at radius 2 is 0.774 bits per heavy atom. The smallest absolute Gasteiger partial charge is 0.0303 e. The Hall–Kier alpha value is 0. The van der Waals surface area contributed by atoms with Crippen LogP contribution in [0.3, 0.4) is 0 Å². The minimum Gasteiger partial charge on any atom is -0.0654 e. The van der Waals surface area contributed by atoms with Gasteiger partial charge in [-0.05, 0) is 35.5 Å². The molecular weight excluding hydrogens is 372 g/mol. The Bertz CT molecular complexity index is 322. The van der Waals surface area contributed by atoms with E-state index in [0.717, 1.165) is 0 Å². The number of rotatable bonds is 3. The number of unbranched alkanes of at least 4 members (excludes halogenated alkanes) is 2. The Kier molecular flexibility index (Phi) is 17.5. The lowest BCUT2D eigenvalue weighted by atomic mass is 9.60. The van der Waals surface area contributed by atoms with Gasteiger partial charge in [0.05, 0.1) is 0 Å². The van der Waals surface area contributed by atoms with E-state index in [4.69, 9.17) is 0 Å². The summed E-state index contributed by atoms with van der Waals surface area (Å²) in [7, 11) is 0. The maximum atomic E-state index is 2.41. The fourth-order valence-electron chi connectivity index (χ4n) is 4.84. The summed E-state index contributed by atoms with van der Waals surface area (Å²) in [6.07, 6.45) is 29.2. The third kappa shape index (κ3) is 18.1. The van der Waals surface area contributed by atoms with Crippen LogP contribution < -0.4 is 0 Å². The molecule has 0 unspecified atom stereocenters. The Balaban J connectivity index is 0.000000396. The molecule has 0 heterocycles. The first-order valence-electron chi connectivity index (χ1n) is 14.5. The van der Waals surface area contributed by atoms with Gasteiger partial charge in [-0.2, -0.15) is 0 Å². The van der Waals surface area contributed by atoms with Gasteiger partial charge < -0.3 is 0 Å². The molecule has 3 saturated carbocycles. The summed E-state index contributed by atoms with van der Waals surface area (Å²) < 4.78 is 0. The first-order chi connectivity index (χ1) is 14.5. The standard InChI is InChI=1S/C10H20.C9H20.2C6H12/c1-9(2)7-5-6-8-10(9,3)4;1-5-6-7-8-9(2,3)4;2*1-2-4-6-5-3-1/h5-8H2,1-4H3;5-8H2,1-4H3;2*1-6H2. The van der Waals surface area contributed by atoms with Crippen molar-refractivity contribution in [3.8, 4) is 0 Å². The predicted molar refractivity (Wildman–Crippen MR) is 145 cm³/mol. The predicted octanol–water partition coefficient (Wildman–Crippen LogP) is 11.9. The monoisotopic (exact) mass is 437 g/mol. The topological polar surface area (TPSA) is 0 Å². The minimum atomic E-state index is 0.551. The summed E-state index contributed by atoms with van der Waals surface area (Å²) in [5.41, 5.74) is 1.70. The van der Waals surface area contributed by atoms with Gasteiger partial charge in [-0.3, -0.25) is 0 Å². The zero-order valence-electron chi connectivity index (χ0n) is 23.6. The van der Waals surface area contributed by atoms with Crippen LogP contribution in [0, 0.1) is 16.2 Å². The van der Waals surface area contributed by atoms with E-state index >= 15 is 0 Å². The van der Waals surface area contributed by atoms with E-state index in [1.165, 1.54) is 128 Å². The van der Waals surface area contributed by atoms with E-state index in [2.05, 4.69) is 55.4 Å². The van der Waals surface area contributed by atoms with Crippen molar-refractivity contribution in [2.45, 2.75) is 184 Å². The van der Waals surface area contributed by atoms with Crippen molar-refractivity contribution in [3.63, 3.8) is 0 Å². The van der Waals surface area contributed by atoms with Crippen molar-refractivity contribution < 1.29 is 0 Å². The van der Waals surface area contributed by atoms with Gasteiger partial charge in [0.15, 0.2) is 0 Å². The molecule has 0 aromatic rings. The van der Waals surface area contributed by atoms with E-state index in [9.17, 15) is 0 Å². The van der Waals surface area contributed by atoms with Gasteiger partial charge in [-0.15, -0.1) is 0 Å². The largest absolute Gasteiger partial charge is 0.0654 e. The lowest BCUT2D eigenvalue weighted by molar-refractivity contribution is 0.0520. The van der Waals surface area contributed by atoms with Gasteiger partial charge in [0.25, 0.3) is 0 Å².